The number of hydrogen-bond donors (Lipinski definition) is 2. The van der Waals surface area contributed by atoms with Crippen LogP contribution in [0.25, 0.3) is 0 Å². The monoisotopic (exact) mass is 286 g/mol. The fraction of sp³-hybridized carbons (Fsp3) is 0.933. The summed E-state index contributed by atoms with van der Waals surface area (Å²) in [6.45, 7) is 6.44. The van der Waals surface area contributed by atoms with Crippen molar-refractivity contribution in [1.29, 1.82) is 0 Å². The molecule has 1 heterocycles. The minimum absolute atomic E-state index is 0.210. The molecule has 0 aliphatic carbocycles. The van der Waals surface area contributed by atoms with Gasteiger partial charge in [-0.15, -0.1) is 0 Å². The van der Waals surface area contributed by atoms with Gasteiger partial charge in [-0.3, -0.25) is 4.79 Å². The van der Waals surface area contributed by atoms with E-state index in [1.165, 1.54) is 31.4 Å². The van der Waals surface area contributed by atoms with Crippen LogP contribution < -0.4 is 10.6 Å². The van der Waals surface area contributed by atoms with Gasteiger partial charge in [0.15, 0.2) is 0 Å². The third-order valence-electron chi connectivity index (χ3n) is 3.46. The van der Waals surface area contributed by atoms with Crippen molar-refractivity contribution < 1.29 is 4.79 Å². The minimum Gasteiger partial charge on any atom is -0.356 e. The highest BCUT2D eigenvalue weighted by atomic mass is 32.2. The zero-order chi connectivity index (χ0) is 13.9. The van der Waals surface area contributed by atoms with E-state index < -0.39 is 0 Å². The summed E-state index contributed by atoms with van der Waals surface area (Å²) < 4.78 is 0. The van der Waals surface area contributed by atoms with Crippen molar-refractivity contribution in [3.05, 3.63) is 0 Å². The van der Waals surface area contributed by atoms with Gasteiger partial charge < -0.3 is 10.6 Å². The molecule has 0 aromatic carbocycles. The lowest BCUT2D eigenvalue weighted by atomic mass is 10.0. The quantitative estimate of drug-likeness (QED) is 0.640. The maximum absolute atomic E-state index is 11.7. The molecule has 1 saturated heterocycles. The second kappa shape index (κ2) is 10.6. The van der Waals surface area contributed by atoms with Crippen LogP contribution >= 0.6 is 11.8 Å². The van der Waals surface area contributed by atoms with E-state index in [1.54, 1.807) is 0 Å². The van der Waals surface area contributed by atoms with E-state index in [9.17, 15) is 4.79 Å². The number of unbranched alkanes of at least 4 members (excludes halogenated alkanes) is 3. The van der Waals surface area contributed by atoms with Gasteiger partial charge in [-0.05, 0) is 12.3 Å². The maximum Gasteiger partial charge on any atom is 0.221 e. The summed E-state index contributed by atoms with van der Waals surface area (Å²) in [5, 5.41) is 6.44. The van der Waals surface area contributed by atoms with Gasteiger partial charge in [0, 0.05) is 37.1 Å². The van der Waals surface area contributed by atoms with E-state index in [2.05, 4.69) is 24.5 Å². The van der Waals surface area contributed by atoms with Crippen LogP contribution in [-0.2, 0) is 4.79 Å². The lowest BCUT2D eigenvalue weighted by Gasteiger charge is -2.22. The molecule has 0 saturated carbocycles. The Morgan fingerprint density at radius 1 is 1.32 bits per heavy atom. The Balaban J connectivity index is 1.89. The number of amides is 1. The molecule has 1 rings (SSSR count). The average molecular weight is 286 g/mol. The first-order chi connectivity index (χ1) is 9.18. The second-order valence-electron chi connectivity index (χ2n) is 5.88. The van der Waals surface area contributed by atoms with Crippen molar-refractivity contribution in [3.63, 3.8) is 0 Å². The van der Waals surface area contributed by atoms with Gasteiger partial charge in [0.1, 0.15) is 0 Å². The first-order valence-electron chi connectivity index (χ1n) is 7.76. The first-order valence-corrected chi connectivity index (χ1v) is 8.91. The van der Waals surface area contributed by atoms with Crippen LogP contribution in [0.3, 0.4) is 0 Å². The molecule has 0 bridgehead atoms. The van der Waals surface area contributed by atoms with E-state index in [-0.39, 0.29) is 5.91 Å². The van der Waals surface area contributed by atoms with Crippen molar-refractivity contribution in [3.8, 4) is 0 Å². The van der Waals surface area contributed by atoms with Gasteiger partial charge >= 0.3 is 0 Å². The molecule has 0 aromatic heterocycles. The molecule has 1 aliphatic heterocycles. The molecule has 0 aromatic rings. The van der Waals surface area contributed by atoms with Gasteiger partial charge in [0.2, 0.25) is 5.91 Å². The molecule has 112 valence electrons. The predicted octanol–water partition coefficient (Wildman–Crippen LogP) is 2.80. The molecule has 0 radical (unpaired) electrons. The number of rotatable bonds is 9. The minimum atomic E-state index is 0.210. The number of carbonyl (C=O) groups is 1. The Kier molecular flexibility index (Phi) is 9.35. The van der Waals surface area contributed by atoms with Gasteiger partial charge in [-0.2, -0.15) is 11.8 Å². The van der Waals surface area contributed by atoms with E-state index in [0.717, 1.165) is 31.2 Å². The Morgan fingerprint density at radius 2 is 2.11 bits per heavy atom. The third kappa shape index (κ3) is 9.33. The summed E-state index contributed by atoms with van der Waals surface area (Å²) in [6.07, 6.45) is 6.96. The Labute approximate surface area is 122 Å². The molecule has 1 aliphatic rings. The molecular formula is C15H30N2OS. The van der Waals surface area contributed by atoms with Crippen LogP contribution in [0.1, 0.15) is 52.4 Å². The number of carbonyl (C=O) groups excluding carboxylic acids is 1. The zero-order valence-electron chi connectivity index (χ0n) is 12.5. The summed E-state index contributed by atoms with van der Waals surface area (Å²) in [4.78, 5) is 11.7. The van der Waals surface area contributed by atoms with E-state index in [4.69, 9.17) is 0 Å². The van der Waals surface area contributed by atoms with Crippen LogP contribution in [-0.4, -0.2) is 36.5 Å². The Hall–Kier alpha value is -0.220. The SMILES string of the molecule is CC(C)CCCCCCNC(=O)CC1CSCCN1. The predicted molar refractivity (Wildman–Crippen MR) is 84.7 cm³/mol. The third-order valence-corrected chi connectivity index (χ3v) is 4.59. The van der Waals surface area contributed by atoms with Crippen LogP contribution in [0.5, 0.6) is 0 Å². The van der Waals surface area contributed by atoms with Gasteiger partial charge in [-0.25, -0.2) is 0 Å². The lowest BCUT2D eigenvalue weighted by Crippen LogP contribution is -2.41. The number of nitrogens with one attached hydrogen (secondary N) is 2. The largest absolute Gasteiger partial charge is 0.356 e. The molecule has 4 heteroatoms. The first kappa shape index (κ1) is 16.8. The van der Waals surface area contributed by atoms with Crippen molar-refractivity contribution in [2.75, 3.05) is 24.6 Å². The smallest absolute Gasteiger partial charge is 0.221 e. The van der Waals surface area contributed by atoms with Crippen LogP contribution in [0, 0.1) is 5.92 Å². The zero-order valence-corrected chi connectivity index (χ0v) is 13.4. The highest BCUT2D eigenvalue weighted by Crippen LogP contribution is 2.10. The molecule has 19 heavy (non-hydrogen) atoms. The van der Waals surface area contributed by atoms with Gasteiger partial charge in [-0.1, -0.05) is 39.5 Å². The van der Waals surface area contributed by atoms with Crippen LogP contribution in [0.15, 0.2) is 0 Å². The van der Waals surface area contributed by atoms with E-state index in [0.29, 0.717) is 12.5 Å². The molecule has 2 N–H and O–H groups in total. The fourth-order valence-electron chi connectivity index (χ4n) is 2.31. The molecule has 1 fully saturated rings. The summed E-state index contributed by atoms with van der Waals surface area (Å²) in [5.74, 6) is 3.28. The average Bonchev–Trinajstić information content (AvgIpc) is 2.38. The fourth-order valence-corrected chi connectivity index (χ4v) is 3.25. The van der Waals surface area contributed by atoms with Gasteiger partial charge in [0.25, 0.3) is 0 Å². The second-order valence-corrected chi connectivity index (χ2v) is 7.03. The van der Waals surface area contributed by atoms with Crippen LogP contribution in [0.4, 0.5) is 0 Å². The normalized spacial score (nSPS) is 19.6. The molecule has 0 spiro atoms. The summed E-state index contributed by atoms with van der Waals surface area (Å²) >= 11 is 1.94. The highest BCUT2D eigenvalue weighted by Gasteiger charge is 2.15. The lowest BCUT2D eigenvalue weighted by molar-refractivity contribution is -0.121. The summed E-state index contributed by atoms with van der Waals surface area (Å²) in [6, 6.07) is 0.379. The summed E-state index contributed by atoms with van der Waals surface area (Å²) in [5.41, 5.74) is 0. The van der Waals surface area contributed by atoms with E-state index >= 15 is 0 Å². The van der Waals surface area contributed by atoms with Crippen LogP contribution in [0.2, 0.25) is 0 Å². The molecule has 1 amide bonds. The molecular weight excluding hydrogens is 256 g/mol. The Bertz CT molecular complexity index is 240. The topological polar surface area (TPSA) is 41.1 Å². The Morgan fingerprint density at radius 3 is 2.79 bits per heavy atom. The highest BCUT2D eigenvalue weighted by molar-refractivity contribution is 7.99. The molecule has 1 atom stereocenters. The molecule has 3 nitrogen and oxygen atoms in total. The van der Waals surface area contributed by atoms with Crippen molar-refractivity contribution in [2.45, 2.75) is 58.4 Å². The maximum atomic E-state index is 11.7. The molecule has 1 unspecified atom stereocenters. The summed E-state index contributed by atoms with van der Waals surface area (Å²) in [7, 11) is 0. The van der Waals surface area contributed by atoms with Crippen molar-refractivity contribution in [1.82, 2.24) is 10.6 Å². The van der Waals surface area contributed by atoms with Crippen molar-refractivity contribution in [2.24, 2.45) is 5.92 Å². The van der Waals surface area contributed by atoms with Crippen molar-refractivity contribution >= 4 is 17.7 Å². The van der Waals surface area contributed by atoms with Gasteiger partial charge in [0.05, 0.1) is 0 Å². The number of thioether (sulfide) groups is 1. The number of hydrogen-bond acceptors (Lipinski definition) is 3. The van der Waals surface area contributed by atoms with E-state index in [1.807, 2.05) is 11.8 Å². The standard InChI is InChI=1S/C15H30N2OS/c1-13(2)7-5-3-4-6-8-17-15(18)11-14-12-19-10-9-16-14/h13-14,16H,3-12H2,1-2H3,(H,17,18).